The van der Waals surface area contributed by atoms with Crippen molar-refractivity contribution < 1.29 is 16.8 Å². The highest BCUT2D eigenvalue weighted by Crippen LogP contribution is 2.28. The van der Waals surface area contributed by atoms with Gasteiger partial charge in [-0.2, -0.15) is 4.31 Å². The number of sulfonamides is 1. The summed E-state index contributed by atoms with van der Waals surface area (Å²) in [6.07, 6.45) is 0.364. The van der Waals surface area contributed by atoms with Crippen LogP contribution < -0.4 is 0 Å². The molecule has 1 aromatic rings. The Morgan fingerprint density at radius 2 is 2.05 bits per heavy atom. The summed E-state index contributed by atoms with van der Waals surface area (Å²) >= 11 is 3.28. The summed E-state index contributed by atoms with van der Waals surface area (Å²) in [4.78, 5) is 0.225. The molecule has 2 rings (SSSR count). The number of sulfone groups is 1. The fourth-order valence-electron chi connectivity index (χ4n) is 2.61. The number of hydrogen-bond donors (Lipinski definition) is 0. The summed E-state index contributed by atoms with van der Waals surface area (Å²) in [5, 5.41) is 0. The quantitative estimate of drug-likeness (QED) is 0.780. The molecule has 0 saturated carbocycles. The Labute approximate surface area is 134 Å². The molecule has 1 aromatic carbocycles. The van der Waals surface area contributed by atoms with E-state index >= 15 is 0 Å². The average molecular weight is 396 g/mol. The minimum absolute atomic E-state index is 0.0567. The van der Waals surface area contributed by atoms with Gasteiger partial charge < -0.3 is 0 Å². The zero-order valence-electron chi connectivity index (χ0n) is 11.9. The van der Waals surface area contributed by atoms with E-state index in [4.69, 9.17) is 0 Å². The van der Waals surface area contributed by atoms with Gasteiger partial charge in [0.25, 0.3) is 0 Å². The van der Waals surface area contributed by atoms with Crippen LogP contribution in [0.3, 0.4) is 0 Å². The van der Waals surface area contributed by atoms with E-state index < -0.39 is 25.9 Å². The van der Waals surface area contributed by atoms with Crippen LogP contribution in [0.25, 0.3) is 0 Å². The highest BCUT2D eigenvalue weighted by atomic mass is 79.9. The predicted molar refractivity (Wildman–Crippen MR) is 85.5 cm³/mol. The summed E-state index contributed by atoms with van der Waals surface area (Å²) in [5.74, 6) is -0.0335. The number of hydrogen-bond acceptors (Lipinski definition) is 4. The van der Waals surface area contributed by atoms with E-state index in [2.05, 4.69) is 15.9 Å². The average Bonchev–Trinajstić information content (AvgIpc) is 2.73. The lowest BCUT2D eigenvalue weighted by Gasteiger charge is -2.26. The molecule has 0 bridgehead atoms. The molecule has 0 aliphatic carbocycles. The molecule has 118 valence electrons. The Hall–Kier alpha value is -0.440. The van der Waals surface area contributed by atoms with E-state index in [0.717, 1.165) is 0 Å². The van der Waals surface area contributed by atoms with Gasteiger partial charge >= 0.3 is 0 Å². The second-order valence-corrected chi connectivity index (χ2v) is 10.2. The van der Waals surface area contributed by atoms with E-state index in [-0.39, 0.29) is 22.9 Å². The van der Waals surface area contributed by atoms with Crippen molar-refractivity contribution in [1.82, 2.24) is 4.31 Å². The van der Waals surface area contributed by atoms with Crippen LogP contribution in [-0.2, 0) is 19.9 Å². The number of rotatable bonds is 4. The van der Waals surface area contributed by atoms with Crippen molar-refractivity contribution in [3.63, 3.8) is 0 Å². The normalized spacial score (nSPS) is 21.8. The molecule has 1 saturated heterocycles. The van der Waals surface area contributed by atoms with Crippen LogP contribution >= 0.6 is 15.9 Å². The maximum Gasteiger partial charge on any atom is 0.243 e. The summed E-state index contributed by atoms with van der Waals surface area (Å²) in [7, 11) is -6.83. The van der Waals surface area contributed by atoms with E-state index in [0.29, 0.717) is 16.5 Å². The zero-order valence-corrected chi connectivity index (χ0v) is 15.1. The van der Waals surface area contributed by atoms with Crippen molar-refractivity contribution in [2.45, 2.75) is 31.2 Å². The van der Waals surface area contributed by atoms with Gasteiger partial charge in [-0.25, -0.2) is 16.8 Å². The first-order valence-corrected chi connectivity index (χ1v) is 10.7. The van der Waals surface area contributed by atoms with Crippen molar-refractivity contribution >= 4 is 35.8 Å². The molecule has 0 amide bonds. The lowest BCUT2D eigenvalue weighted by Crippen LogP contribution is -2.41. The van der Waals surface area contributed by atoms with Crippen LogP contribution in [0.5, 0.6) is 0 Å². The van der Waals surface area contributed by atoms with Crippen LogP contribution in [0.15, 0.2) is 27.6 Å². The molecule has 0 radical (unpaired) electrons. The van der Waals surface area contributed by atoms with Crippen molar-refractivity contribution in [3.05, 3.63) is 28.2 Å². The van der Waals surface area contributed by atoms with Gasteiger partial charge in [0.2, 0.25) is 10.0 Å². The van der Waals surface area contributed by atoms with Crippen LogP contribution in [0.4, 0.5) is 0 Å². The monoisotopic (exact) mass is 395 g/mol. The van der Waals surface area contributed by atoms with Crippen molar-refractivity contribution in [3.8, 4) is 0 Å². The lowest BCUT2D eigenvalue weighted by atomic mass is 10.2. The third-order valence-electron chi connectivity index (χ3n) is 3.66. The standard InChI is InChI=1S/C13H18BrNO4S2/c1-3-15(12-6-7-20(16,17)9-12)21(18,19)13-8-11(14)5-4-10(13)2/h4-5,8,12H,3,6-7,9H2,1-2H3. The first kappa shape index (κ1) is 16.9. The van der Waals surface area contributed by atoms with Gasteiger partial charge in [-0.3, -0.25) is 0 Å². The van der Waals surface area contributed by atoms with Crippen molar-refractivity contribution in [2.24, 2.45) is 0 Å². The van der Waals surface area contributed by atoms with E-state index in [1.807, 2.05) is 0 Å². The molecule has 0 N–H and O–H groups in total. The van der Waals surface area contributed by atoms with Crippen LogP contribution in [0.2, 0.25) is 0 Å². The molecular weight excluding hydrogens is 378 g/mol. The Bertz CT molecular complexity index is 743. The van der Waals surface area contributed by atoms with Gasteiger partial charge in [0.1, 0.15) is 0 Å². The Balaban J connectivity index is 2.43. The van der Waals surface area contributed by atoms with Gasteiger partial charge in [0, 0.05) is 17.1 Å². The van der Waals surface area contributed by atoms with E-state index in [1.54, 1.807) is 32.0 Å². The fraction of sp³-hybridized carbons (Fsp3) is 0.538. The van der Waals surface area contributed by atoms with Crippen molar-refractivity contribution in [2.75, 3.05) is 18.1 Å². The molecule has 1 unspecified atom stereocenters. The zero-order chi connectivity index (χ0) is 15.8. The number of benzene rings is 1. The van der Waals surface area contributed by atoms with Crippen LogP contribution in [0.1, 0.15) is 18.9 Å². The second kappa shape index (κ2) is 5.98. The lowest BCUT2D eigenvalue weighted by molar-refractivity contribution is 0.354. The molecule has 21 heavy (non-hydrogen) atoms. The van der Waals surface area contributed by atoms with Gasteiger partial charge in [0.15, 0.2) is 9.84 Å². The summed E-state index contributed by atoms with van der Waals surface area (Å²) in [6, 6.07) is 4.61. The Morgan fingerprint density at radius 1 is 1.38 bits per heavy atom. The SMILES string of the molecule is CCN(C1CCS(=O)(=O)C1)S(=O)(=O)c1cc(Br)ccc1C. The smallest absolute Gasteiger partial charge is 0.229 e. The first-order chi connectivity index (χ1) is 9.67. The number of halogens is 1. The van der Waals surface area contributed by atoms with E-state index in [9.17, 15) is 16.8 Å². The maximum atomic E-state index is 12.8. The molecular formula is C13H18BrNO4S2. The van der Waals surface area contributed by atoms with Crippen LogP contribution in [-0.4, -0.2) is 45.2 Å². The maximum absolute atomic E-state index is 12.8. The van der Waals surface area contributed by atoms with Gasteiger partial charge in [-0.15, -0.1) is 0 Å². The molecule has 1 heterocycles. The largest absolute Gasteiger partial charge is 0.243 e. The summed E-state index contributed by atoms with van der Waals surface area (Å²) in [6.45, 7) is 3.73. The van der Waals surface area contributed by atoms with Gasteiger partial charge in [-0.1, -0.05) is 28.9 Å². The molecule has 1 aliphatic heterocycles. The number of nitrogens with zero attached hydrogens (tertiary/aromatic N) is 1. The minimum atomic E-state index is -3.70. The molecule has 8 heteroatoms. The summed E-state index contributed by atoms with van der Waals surface area (Å²) < 4.78 is 50.9. The van der Waals surface area contributed by atoms with Gasteiger partial charge in [0.05, 0.1) is 16.4 Å². The molecule has 0 spiro atoms. The predicted octanol–water partition coefficient (Wildman–Crippen LogP) is 1.96. The highest BCUT2D eigenvalue weighted by molar-refractivity contribution is 9.10. The second-order valence-electron chi connectivity index (χ2n) is 5.18. The molecule has 1 fully saturated rings. The third kappa shape index (κ3) is 3.49. The number of aryl methyl sites for hydroxylation is 1. The Kier molecular flexibility index (Phi) is 4.82. The Morgan fingerprint density at radius 3 is 2.57 bits per heavy atom. The highest BCUT2D eigenvalue weighted by Gasteiger charge is 2.38. The van der Waals surface area contributed by atoms with Gasteiger partial charge in [-0.05, 0) is 31.0 Å². The third-order valence-corrected chi connectivity index (χ3v) is 8.08. The topological polar surface area (TPSA) is 71.5 Å². The fourth-order valence-corrected chi connectivity index (χ4v) is 6.86. The molecule has 1 atom stereocenters. The summed E-state index contributed by atoms with van der Waals surface area (Å²) in [5.41, 5.74) is 0.650. The van der Waals surface area contributed by atoms with Crippen LogP contribution in [0, 0.1) is 6.92 Å². The molecule has 5 nitrogen and oxygen atoms in total. The minimum Gasteiger partial charge on any atom is -0.229 e. The molecule has 1 aliphatic rings. The molecule has 0 aromatic heterocycles. The first-order valence-electron chi connectivity index (χ1n) is 6.66. The van der Waals surface area contributed by atoms with Crippen molar-refractivity contribution in [1.29, 1.82) is 0 Å². The van der Waals surface area contributed by atoms with E-state index in [1.165, 1.54) is 4.31 Å².